The molecule has 0 radical (unpaired) electrons. The van der Waals surface area contributed by atoms with Crippen molar-refractivity contribution < 1.29 is 49.6 Å². The van der Waals surface area contributed by atoms with E-state index >= 15 is 0 Å². The van der Waals surface area contributed by atoms with E-state index in [1.807, 2.05) is 12.1 Å². The van der Waals surface area contributed by atoms with E-state index in [0.29, 0.717) is 40.4 Å². The summed E-state index contributed by atoms with van der Waals surface area (Å²) in [7, 11) is -1.50. The quantitative estimate of drug-likeness (QED) is 0.0308. The summed E-state index contributed by atoms with van der Waals surface area (Å²) in [5, 5.41) is 52.0. The molecule has 17 heteroatoms. The normalized spacial score (nSPS) is 17.9. The zero-order valence-corrected chi connectivity index (χ0v) is 40.1. The molecular formula is C49H71BClN5O10. The predicted molar refractivity (Wildman–Crippen MR) is 258 cm³/mol. The van der Waals surface area contributed by atoms with Crippen LogP contribution < -0.4 is 15.9 Å². The molecule has 2 heterocycles. The van der Waals surface area contributed by atoms with E-state index in [9.17, 15) is 19.5 Å². The van der Waals surface area contributed by atoms with Gasteiger partial charge in [0.1, 0.15) is 6.29 Å². The Morgan fingerprint density at radius 2 is 1.32 bits per heavy atom. The molecule has 2 aromatic heterocycles. The lowest BCUT2D eigenvalue weighted by atomic mass is 9.72. The van der Waals surface area contributed by atoms with Crippen LogP contribution >= 0.6 is 11.6 Å². The van der Waals surface area contributed by atoms with Crippen molar-refractivity contribution in [3.8, 4) is 22.9 Å². The molecule has 6 rings (SSSR count). The highest BCUT2D eigenvalue weighted by molar-refractivity contribution is 6.58. The zero-order valence-electron chi connectivity index (χ0n) is 39.4. The number of aliphatic carboxylic acids is 2. The van der Waals surface area contributed by atoms with Crippen molar-refractivity contribution >= 4 is 42.4 Å². The van der Waals surface area contributed by atoms with Crippen LogP contribution in [0.3, 0.4) is 0 Å². The molecule has 15 nitrogen and oxygen atoms in total. The average Bonchev–Trinajstić information content (AvgIpc) is 3.27. The molecule has 2 aromatic carbocycles. The van der Waals surface area contributed by atoms with Crippen molar-refractivity contribution in [2.45, 2.75) is 137 Å². The molecule has 2 aliphatic rings. The van der Waals surface area contributed by atoms with Crippen molar-refractivity contribution in [1.82, 2.24) is 19.9 Å². The number of carbonyl (C=O) groups is 3. The molecule has 0 saturated heterocycles. The van der Waals surface area contributed by atoms with Gasteiger partial charge in [0.2, 0.25) is 5.28 Å². The number of unbranched alkanes of at least 4 members (excludes halogenated alkanes) is 1. The van der Waals surface area contributed by atoms with Crippen LogP contribution in [0.25, 0.3) is 11.4 Å². The maximum Gasteiger partial charge on any atom is 0.488 e. The van der Waals surface area contributed by atoms with Crippen molar-refractivity contribution in [3.63, 3.8) is 0 Å². The summed E-state index contributed by atoms with van der Waals surface area (Å²) in [6.45, 7) is 14.1. The zero-order chi connectivity index (χ0) is 49.3. The number of rotatable bonds is 12. The molecule has 4 aromatic rings. The van der Waals surface area contributed by atoms with E-state index in [-0.39, 0.29) is 42.6 Å². The average molecular weight is 936 g/mol. The predicted octanol–water partition coefficient (Wildman–Crippen LogP) is 7.94. The van der Waals surface area contributed by atoms with E-state index in [0.717, 1.165) is 61.7 Å². The minimum absolute atomic E-state index is 0.00593. The molecule has 0 aliphatic heterocycles. The van der Waals surface area contributed by atoms with Crippen LogP contribution in [0.4, 0.5) is 0 Å². The van der Waals surface area contributed by atoms with Crippen LogP contribution in [0.2, 0.25) is 5.28 Å². The minimum Gasteiger partial charge on any atom is -0.505 e. The number of carboxylic acid groups (broad SMARTS) is 2. The van der Waals surface area contributed by atoms with Crippen molar-refractivity contribution in [2.24, 2.45) is 28.4 Å². The minimum atomic E-state index is -1.50. The lowest BCUT2D eigenvalue weighted by Gasteiger charge is -2.36. The van der Waals surface area contributed by atoms with E-state index in [1.54, 1.807) is 24.5 Å². The number of ether oxygens (including phenoxy) is 1. The molecule has 0 atom stereocenters. The summed E-state index contributed by atoms with van der Waals surface area (Å²) in [6, 6.07) is 14.3. The van der Waals surface area contributed by atoms with E-state index in [1.165, 1.54) is 55.8 Å². The van der Waals surface area contributed by atoms with Gasteiger partial charge in [0.25, 0.3) is 0 Å². The molecule has 2 fully saturated rings. The van der Waals surface area contributed by atoms with Gasteiger partial charge >= 0.3 is 19.1 Å². The van der Waals surface area contributed by atoms with E-state index < -0.39 is 19.1 Å². The van der Waals surface area contributed by atoms with Gasteiger partial charge in [-0.05, 0) is 122 Å². The second-order valence-electron chi connectivity index (χ2n) is 18.7. The summed E-state index contributed by atoms with van der Waals surface area (Å²) < 4.78 is 6.14. The van der Waals surface area contributed by atoms with Gasteiger partial charge in [-0.3, -0.25) is 14.4 Å². The summed E-state index contributed by atoms with van der Waals surface area (Å²) in [6.07, 6.45) is 18.7. The fourth-order valence-corrected chi connectivity index (χ4v) is 7.50. The standard InChI is InChI=1S/C25H34N2O3.C10H20O.C7H7BO3.C4H3ClN2O.C3H7NO2/c1-25(2,3)20-11-13-21(14-12-20)30-22-16-26-24(27-17-22)19-9-6-8-18(15-19)7-4-5-10-23(28)29;1-10(2,3)8-4-6-9(11)7-5-8;9-5-6-2-1-3-7(4-6)8(10)11;5-4-6-1-3(8)2-7-4;4-2-1-3(5)6/h6,8-9,15-17,20-21H,4-5,7,10-14H2,1-3H3,(H,28,29);8-9,11H,4-7H2,1-3H3;1-5,10-11H;1-2,8H;1-2,4H2,(H,5,6). The van der Waals surface area contributed by atoms with Crippen LogP contribution in [0.15, 0.2) is 73.3 Å². The van der Waals surface area contributed by atoms with Crippen LogP contribution in [0.5, 0.6) is 11.5 Å². The Morgan fingerprint density at radius 1 is 0.773 bits per heavy atom. The molecule has 0 bridgehead atoms. The van der Waals surface area contributed by atoms with E-state index in [4.69, 9.17) is 47.4 Å². The van der Waals surface area contributed by atoms with Gasteiger partial charge in [0.15, 0.2) is 17.3 Å². The first-order valence-corrected chi connectivity index (χ1v) is 23.0. The third-order valence-corrected chi connectivity index (χ3v) is 11.5. The summed E-state index contributed by atoms with van der Waals surface area (Å²) >= 11 is 5.28. The summed E-state index contributed by atoms with van der Waals surface area (Å²) in [4.78, 5) is 46.4. The molecule has 0 unspecified atom stereocenters. The lowest BCUT2D eigenvalue weighted by Crippen LogP contribution is -2.30. The molecule has 2 aliphatic carbocycles. The second kappa shape index (κ2) is 29.6. The van der Waals surface area contributed by atoms with Gasteiger partial charge in [0.05, 0.1) is 43.4 Å². The first-order valence-electron chi connectivity index (χ1n) is 22.6. The molecule has 2 saturated carbocycles. The number of hydrogen-bond acceptors (Lipinski definition) is 13. The number of carboxylic acids is 2. The number of carbonyl (C=O) groups excluding carboxylic acids is 1. The Labute approximate surface area is 395 Å². The van der Waals surface area contributed by atoms with Gasteiger partial charge in [0, 0.05) is 24.1 Å². The van der Waals surface area contributed by atoms with Gasteiger partial charge in [-0.25, -0.2) is 19.9 Å². The van der Waals surface area contributed by atoms with Gasteiger partial charge in [-0.1, -0.05) is 84.0 Å². The molecule has 362 valence electrons. The van der Waals surface area contributed by atoms with Gasteiger partial charge < -0.3 is 40.9 Å². The number of aromatic nitrogens is 4. The lowest BCUT2D eigenvalue weighted by molar-refractivity contribution is -0.138. The molecule has 0 amide bonds. The summed E-state index contributed by atoms with van der Waals surface area (Å²) in [5.74, 6) is 1.47. The number of aromatic hydroxyl groups is 1. The number of nitrogens with two attached hydrogens (primary N) is 1. The van der Waals surface area contributed by atoms with Crippen LogP contribution in [0, 0.1) is 22.7 Å². The van der Waals surface area contributed by atoms with Crippen molar-refractivity contribution in [1.29, 1.82) is 0 Å². The van der Waals surface area contributed by atoms with E-state index in [2.05, 4.69) is 73.6 Å². The third-order valence-electron chi connectivity index (χ3n) is 11.4. The Bertz CT molecular complexity index is 1980. The maximum atomic E-state index is 10.6. The molecule has 0 spiro atoms. The Morgan fingerprint density at radius 3 is 1.79 bits per heavy atom. The number of nitrogens with zero attached hydrogens (tertiary/aromatic N) is 4. The van der Waals surface area contributed by atoms with Crippen LogP contribution in [-0.4, -0.2) is 94.5 Å². The van der Waals surface area contributed by atoms with Crippen LogP contribution in [0.1, 0.15) is 135 Å². The third kappa shape index (κ3) is 24.0. The van der Waals surface area contributed by atoms with Crippen molar-refractivity contribution in [3.05, 3.63) is 89.7 Å². The number of hydrogen-bond donors (Lipinski definition) is 7. The first kappa shape index (κ1) is 57.1. The maximum absolute atomic E-state index is 10.6. The highest BCUT2D eigenvalue weighted by atomic mass is 35.5. The number of halogens is 1. The molecule has 8 N–H and O–H groups in total. The monoisotopic (exact) mass is 935 g/mol. The smallest absolute Gasteiger partial charge is 0.488 e. The topological polar surface area (TPSA) is 259 Å². The number of aliphatic hydroxyl groups is 1. The molecular weight excluding hydrogens is 865 g/mol. The number of aldehydes is 1. The van der Waals surface area contributed by atoms with Crippen molar-refractivity contribution in [2.75, 3.05) is 6.54 Å². The second-order valence-corrected chi connectivity index (χ2v) is 19.0. The highest BCUT2D eigenvalue weighted by Crippen LogP contribution is 2.39. The fourth-order valence-electron chi connectivity index (χ4n) is 7.40. The van der Waals surface area contributed by atoms with Gasteiger partial charge in [-0.2, -0.15) is 0 Å². The SMILES string of the molecule is CC(C)(C)C1CCC(O)CC1.CC(C)(C)C1CCC(Oc2cnc(-c3cccc(CCCCC(=O)O)c3)nc2)CC1.NCCC(=O)O.O=Cc1cccc(B(O)O)c1.Oc1cnc(Cl)nc1. The number of benzene rings is 2. The molecule has 66 heavy (non-hydrogen) atoms. The highest BCUT2D eigenvalue weighted by Gasteiger charge is 2.31. The Kier molecular flexibility index (Phi) is 25.6. The first-order chi connectivity index (χ1) is 31.1. The number of aryl methyl sites for hydroxylation is 1. The fraction of sp³-hybridized carbons (Fsp3) is 0.531. The summed E-state index contributed by atoms with van der Waals surface area (Å²) in [5.41, 5.74) is 8.59. The Balaban J connectivity index is 0.000000337. The Hall–Kier alpha value is -5.00. The van der Waals surface area contributed by atoms with Crippen LogP contribution in [-0.2, 0) is 16.0 Å². The largest absolute Gasteiger partial charge is 0.505 e. The van der Waals surface area contributed by atoms with Gasteiger partial charge in [-0.15, -0.1) is 0 Å². The number of aliphatic hydroxyl groups excluding tert-OH is 1.